The summed E-state index contributed by atoms with van der Waals surface area (Å²) in [6.07, 6.45) is 6.63. The summed E-state index contributed by atoms with van der Waals surface area (Å²) in [5.41, 5.74) is 2.12. The lowest BCUT2D eigenvalue weighted by Crippen LogP contribution is -2.39. The standard InChI is InChI=1S/C17H24N4O5/c1-25-15(22)9-4-11-2-6-13(7-3-11)26-14-8-5-12(10-19-14)20-16(23)17(24)21-18/h5,8,10-11,13H,2-4,6-7,9,18H2,1H3,(H,20,23)(H,21,24). The maximum atomic E-state index is 11.4. The molecule has 0 aromatic carbocycles. The fourth-order valence-corrected chi connectivity index (χ4v) is 2.91. The number of aromatic nitrogens is 1. The Morgan fingerprint density at radius 2 is 1.92 bits per heavy atom. The molecule has 26 heavy (non-hydrogen) atoms. The molecule has 0 bridgehead atoms. The van der Waals surface area contributed by atoms with Crippen LogP contribution < -0.4 is 21.3 Å². The molecule has 1 aliphatic rings. The number of methoxy groups -OCH3 is 1. The molecule has 1 aliphatic carbocycles. The maximum Gasteiger partial charge on any atom is 0.323 e. The largest absolute Gasteiger partial charge is 0.474 e. The molecule has 2 amide bonds. The Hall–Kier alpha value is -2.68. The van der Waals surface area contributed by atoms with Gasteiger partial charge >= 0.3 is 17.8 Å². The summed E-state index contributed by atoms with van der Waals surface area (Å²) < 4.78 is 10.5. The van der Waals surface area contributed by atoms with Crippen LogP contribution in [0.1, 0.15) is 38.5 Å². The van der Waals surface area contributed by atoms with Crippen molar-refractivity contribution in [1.82, 2.24) is 10.4 Å². The smallest absolute Gasteiger partial charge is 0.323 e. The molecule has 0 atom stereocenters. The van der Waals surface area contributed by atoms with Gasteiger partial charge in [0.15, 0.2) is 0 Å². The van der Waals surface area contributed by atoms with Gasteiger partial charge in [0, 0.05) is 12.5 Å². The van der Waals surface area contributed by atoms with Crippen LogP contribution in [-0.2, 0) is 19.1 Å². The van der Waals surface area contributed by atoms with Crippen LogP contribution in [0.25, 0.3) is 0 Å². The topological polar surface area (TPSA) is 133 Å². The van der Waals surface area contributed by atoms with Crippen LogP contribution in [0.2, 0.25) is 0 Å². The van der Waals surface area contributed by atoms with Gasteiger partial charge in [-0.1, -0.05) is 0 Å². The van der Waals surface area contributed by atoms with E-state index in [1.807, 2.05) is 0 Å². The number of anilines is 1. The number of rotatable bonds is 6. The van der Waals surface area contributed by atoms with E-state index < -0.39 is 11.8 Å². The van der Waals surface area contributed by atoms with Crippen molar-refractivity contribution in [3.05, 3.63) is 18.3 Å². The summed E-state index contributed by atoms with van der Waals surface area (Å²) >= 11 is 0. The number of carbonyl (C=O) groups is 3. The minimum absolute atomic E-state index is 0.0836. The molecule has 0 saturated heterocycles. The van der Waals surface area contributed by atoms with Crippen molar-refractivity contribution < 1.29 is 23.9 Å². The maximum absolute atomic E-state index is 11.4. The Balaban J connectivity index is 1.75. The number of esters is 1. The summed E-state index contributed by atoms with van der Waals surface area (Å²) in [6, 6.07) is 3.24. The molecule has 0 spiro atoms. The molecule has 0 unspecified atom stereocenters. The first-order valence-corrected chi connectivity index (χ1v) is 8.53. The van der Waals surface area contributed by atoms with E-state index in [1.165, 1.54) is 13.3 Å². The third-order valence-corrected chi connectivity index (χ3v) is 4.40. The Kier molecular flexibility index (Phi) is 7.34. The zero-order chi connectivity index (χ0) is 18.9. The fourth-order valence-electron chi connectivity index (χ4n) is 2.91. The van der Waals surface area contributed by atoms with Gasteiger partial charge in [0.05, 0.1) is 19.0 Å². The number of hydrazine groups is 1. The summed E-state index contributed by atoms with van der Waals surface area (Å²) in [7, 11) is 1.41. The average molecular weight is 364 g/mol. The molecule has 1 heterocycles. The van der Waals surface area contributed by atoms with Crippen molar-refractivity contribution >= 4 is 23.5 Å². The van der Waals surface area contributed by atoms with Gasteiger partial charge in [0.1, 0.15) is 6.10 Å². The fraction of sp³-hybridized carbons (Fsp3) is 0.529. The molecular formula is C17H24N4O5. The van der Waals surface area contributed by atoms with Gasteiger partial charge in [-0.3, -0.25) is 19.8 Å². The van der Waals surface area contributed by atoms with Crippen molar-refractivity contribution in [2.45, 2.75) is 44.6 Å². The molecular weight excluding hydrogens is 340 g/mol. The lowest BCUT2D eigenvalue weighted by atomic mass is 9.84. The van der Waals surface area contributed by atoms with Crippen molar-refractivity contribution in [1.29, 1.82) is 0 Å². The van der Waals surface area contributed by atoms with Crippen LogP contribution in [0.5, 0.6) is 5.88 Å². The predicted octanol–water partition coefficient (Wildman–Crippen LogP) is 0.901. The zero-order valence-corrected chi connectivity index (χ0v) is 14.7. The van der Waals surface area contributed by atoms with Crippen molar-refractivity contribution in [2.75, 3.05) is 12.4 Å². The Labute approximate surface area is 151 Å². The summed E-state index contributed by atoms with van der Waals surface area (Å²) in [4.78, 5) is 37.8. The minimum atomic E-state index is -0.936. The van der Waals surface area contributed by atoms with E-state index in [0.29, 0.717) is 23.9 Å². The van der Waals surface area contributed by atoms with Crippen LogP contribution in [-0.4, -0.2) is 36.0 Å². The van der Waals surface area contributed by atoms with Crippen LogP contribution >= 0.6 is 0 Å². The number of amides is 2. The number of nitrogens with two attached hydrogens (primary N) is 1. The average Bonchev–Trinajstić information content (AvgIpc) is 2.67. The van der Waals surface area contributed by atoms with Gasteiger partial charge in [-0.25, -0.2) is 10.8 Å². The molecule has 9 heteroatoms. The second-order valence-electron chi connectivity index (χ2n) is 6.19. The molecule has 0 radical (unpaired) electrons. The van der Waals surface area contributed by atoms with E-state index in [4.69, 9.17) is 10.6 Å². The van der Waals surface area contributed by atoms with E-state index >= 15 is 0 Å². The lowest BCUT2D eigenvalue weighted by molar-refractivity contribution is -0.141. The van der Waals surface area contributed by atoms with Crippen molar-refractivity contribution in [2.24, 2.45) is 11.8 Å². The van der Waals surface area contributed by atoms with Gasteiger partial charge in [-0.05, 0) is 44.1 Å². The van der Waals surface area contributed by atoms with E-state index in [9.17, 15) is 14.4 Å². The van der Waals surface area contributed by atoms with Gasteiger partial charge in [0.25, 0.3) is 0 Å². The first-order chi connectivity index (χ1) is 12.5. The predicted molar refractivity (Wildman–Crippen MR) is 92.8 cm³/mol. The highest BCUT2D eigenvalue weighted by Crippen LogP contribution is 2.30. The van der Waals surface area contributed by atoms with E-state index in [0.717, 1.165) is 32.1 Å². The van der Waals surface area contributed by atoms with Crippen molar-refractivity contribution in [3.8, 4) is 5.88 Å². The van der Waals surface area contributed by atoms with Gasteiger partial charge in [0.2, 0.25) is 5.88 Å². The molecule has 1 saturated carbocycles. The zero-order valence-electron chi connectivity index (χ0n) is 14.7. The SMILES string of the molecule is COC(=O)CCC1CCC(Oc2ccc(NC(=O)C(=O)NN)cn2)CC1. The minimum Gasteiger partial charge on any atom is -0.474 e. The highest BCUT2D eigenvalue weighted by atomic mass is 16.5. The van der Waals surface area contributed by atoms with E-state index in [2.05, 4.69) is 15.0 Å². The second-order valence-corrected chi connectivity index (χ2v) is 6.19. The second kappa shape index (κ2) is 9.71. The summed E-state index contributed by atoms with van der Waals surface area (Å²) in [5.74, 6) is 3.90. The molecule has 0 aliphatic heterocycles. The molecule has 1 aromatic rings. The molecule has 1 aromatic heterocycles. The number of hydrogen-bond donors (Lipinski definition) is 3. The third kappa shape index (κ3) is 5.99. The molecule has 4 N–H and O–H groups in total. The highest BCUT2D eigenvalue weighted by Gasteiger charge is 2.23. The van der Waals surface area contributed by atoms with Crippen LogP contribution in [0, 0.1) is 5.92 Å². The number of ether oxygens (including phenoxy) is 2. The van der Waals surface area contributed by atoms with E-state index in [-0.39, 0.29) is 12.1 Å². The Morgan fingerprint density at radius 3 is 2.50 bits per heavy atom. The Bertz CT molecular complexity index is 627. The van der Waals surface area contributed by atoms with Crippen LogP contribution in [0.3, 0.4) is 0 Å². The number of carbonyl (C=O) groups excluding carboxylic acids is 3. The lowest BCUT2D eigenvalue weighted by Gasteiger charge is -2.28. The first-order valence-electron chi connectivity index (χ1n) is 8.53. The van der Waals surface area contributed by atoms with Gasteiger partial charge < -0.3 is 14.8 Å². The number of hydrogen-bond acceptors (Lipinski definition) is 7. The molecule has 1 fully saturated rings. The highest BCUT2D eigenvalue weighted by molar-refractivity contribution is 6.39. The van der Waals surface area contributed by atoms with Crippen LogP contribution in [0.4, 0.5) is 5.69 Å². The quantitative estimate of drug-likeness (QED) is 0.224. The Morgan fingerprint density at radius 1 is 1.19 bits per heavy atom. The van der Waals surface area contributed by atoms with Gasteiger partial charge in [-0.2, -0.15) is 0 Å². The number of nitrogens with one attached hydrogen (secondary N) is 2. The number of pyridine rings is 1. The number of nitrogens with zero attached hydrogens (tertiary/aromatic N) is 1. The van der Waals surface area contributed by atoms with Crippen molar-refractivity contribution in [3.63, 3.8) is 0 Å². The molecule has 9 nitrogen and oxygen atoms in total. The summed E-state index contributed by atoms with van der Waals surface area (Å²) in [5, 5.41) is 2.37. The molecule has 2 rings (SSSR count). The monoisotopic (exact) mass is 364 g/mol. The van der Waals surface area contributed by atoms with E-state index in [1.54, 1.807) is 17.6 Å². The van der Waals surface area contributed by atoms with Crippen LogP contribution in [0.15, 0.2) is 18.3 Å². The third-order valence-electron chi connectivity index (χ3n) is 4.40. The molecule has 142 valence electrons. The first kappa shape index (κ1) is 19.6. The normalized spacial score (nSPS) is 19.3. The summed E-state index contributed by atoms with van der Waals surface area (Å²) in [6.45, 7) is 0. The van der Waals surface area contributed by atoms with Gasteiger partial charge in [-0.15, -0.1) is 0 Å².